The van der Waals surface area contributed by atoms with Gasteiger partial charge >= 0.3 is 0 Å². The van der Waals surface area contributed by atoms with Gasteiger partial charge in [0, 0.05) is 10.6 Å². The first kappa shape index (κ1) is 26.0. The number of benzene rings is 3. The van der Waals surface area contributed by atoms with Gasteiger partial charge in [0.15, 0.2) is 0 Å². The van der Waals surface area contributed by atoms with Gasteiger partial charge in [-0.3, -0.25) is 10.2 Å². The fourth-order valence-electron chi connectivity index (χ4n) is 2.73. The summed E-state index contributed by atoms with van der Waals surface area (Å²) in [7, 11) is -8.04. The minimum atomic E-state index is -4.15. The second-order valence-electron chi connectivity index (χ2n) is 7.06. The molecule has 0 bridgehead atoms. The Kier molecular flexibility index (Phi) is 8.02. The van der Waals surface area contributed by atoms with Crippen LogP contribution in [0.5, 0.6) is 0 Å². The predicted octanol–water partition coefficient (Wildman–Crippen LogP) is 2.99. The van der Waals surface area contributed by atoms with Crippen LogP contribution in [0, 0.1) is 0 Å². The first-order valence-electron chi connectivity index (χ1n) is 9.86. The molecule has 3 aromatic rings. The summed E-state index contributed by atoms with van der Waals surface area (Å²) in [6.07, 6.45) is 0. The molecule has 35 heavy (non-hydrogen) atoms. The molecule has 0 heterocycles. The molecule has 0 atom stereocenters. The Bertz CT molecular complexity index is 1490. The van der Waals surface area contributed by atoms with E-state index in [1.807, 2.05) is 0 Å². The van der Waals surface area contributed by atoms with E-state index in [1.54, 1.807) is 18.2 Å². The third-order valence-corrected chi connectivity index (χ3v) is 7.49. The van der Waals surface area contributed by atoms with Crippen molar-refractivity contribution in [3.63, 3.8) is 0 Å². The first-order chi connectivity index (χ1) is 16.5. The van der Waals surface area contributed by atoms with Crippen LogP contribution < -0.4 is 16.0 Å². The molecule has 0 saturated carbocycles. The Hall–Kier alpha value is -3.58. The summed E-state index contributed by atoms with van der Waals surface area (Å²) in [4.78, 5) is 12.2. The molecule has 10 nitrogen and oxygen atoms in total. The largest absolute Gasteiger partial charge is 0.277 e. The standard InChI is InChI=1S/C22H20ClN5O5S2/c1-15(25-27-21(29)16-7-9-17(23)10-8-16)22(34(30,31)19-5-3-2-4-6-19)28-26-18-11-13-20(14-12-18)35(24,32)33/h2-14,26H,1H3,(H,27,29)(H2,24,32,33)/b25-15+,28-22+. The monoisotopic (exact) mass is 533 g/mol. The van der Waals surface area contributed by atoms with E-state index in [9.17, 15) is 21.6 Å². The van der Waals surface area contributed by atoms with E-state index >= 15 is 0 Å². The minimum Gasteiger partial charge on any atom is -0.277 e. The molecular formula is C22H20ClN5O5S2. The van der Waals surface area contributed by atoms with Crippen LogP contribution in [-0.4, -0.2) is 33.5 Å². The van der Waals surface area contributed by atoms with Crippen molar-refractivity contribution >= 4 is 53.8 Å². The predicted molar refractivity (Wildman–Crippen MR) is 135 cm³/mol. The van der Waals surface area contributed by atoms with E-state index in [0.29, 0.717) is 5.02 Å². The number of rotatable bonds is 7. The van der Waals surface area contributed by atoms with Gasteiger partial charge in [-0.2, -0.15) is 10.2 Å². The third-order valence-electron chi connectivity index (χ3n) is 4.52. The van der Waals surface area contributed by atoms with Crippen molar-refractivity contribution in [3.05, 3.63) is 89.4 Å². The Balaban J connectivity index is 1.93. The second kappa shape index (κ2) is 10.8. The number of hydrogen-bond acceptors (Lipinski definition) is 8. The normalized spacial score (nSPS) is 12.8. The molecule has 0 unspecified atom stereocenters. The maximum Gasteiger partial charge on any atom is 0.271 e. The highest BCUT2D eigenvalue weighted by Gasteiger charge is 2.26. The van der Waals surface area contributed by atoms with Crippen LogP contribution >= 0.6 is 11.6 Å². The molecule has 0 fully saturated rings. The van der Waals surface area contributed by atoms with Crippen molar-refractivity contribution in [2.75, 3.05) is 5.43 Å². The van der Waals surface area contributed by atoms with Gasteiger partial charge in [-0.15, -0.1) is 0 Å². The molecule has 0 aliphatic carbocycles. The topological polar surface area (TPSA) is 160 Å². The zero-order chi connectivity index (χ0) is 25.6. The average molecular weight is 534 g/mol. The maximum absolute atomic E-state index is 13.3. The molecule has 0 aliphatic rings. The number of primary sulfonamides is 1. The van der Waals surface area contributed by atoms with Crippen LogP contribution in [0.15, 0.2) is 98.9 Å². The fraction of sp³-hybridized carbons (Fsp3) is 0.0455. The van der Waals surface area contributed by atoms with E-state index in [-0.39, 0.29) is 26.8 Å². The number of sulfonamides is 1. The highest BCUT2D eigenvalue weighted by molar-refractivity contribution is 8.08. The van der Waals surface area contributed by atoms with Gasteiger partial charge in [0.05, 0.1) is 21.2 Å². The number of hydrazone groups is 2. The highest BCUT2D eigenvalue weighted by Crippen LogP contribution is 2.16. The number of sulfone groups is 1. The van der Waals surface area contributed by atoms with E-state index in [1.165, 1.54) is 67.6 Å². The molecule has 0 aromatic heterocycles. The SMILES string of the molecule is CC(=N\NC(=O)c1ccc(Cl)cc1)/C(=N\Nc1ccc(S(N)(=O)=O)cc1)S(=O)(=O)c1ccccc1. The maximum atomic E-state index is 13.3. The summed E-state index contributed by atoms with van der Waals surface area (Å²) in [6, 6.07) is 18.8. The number of nitrogens with one attached hydrogen (secondary N) is 2. The minimum absolute atomic E-state index is 0.0382. The number of hydrogen-bond donors (Lipinski definition) is 3. The van der Waals surface area contributed by atoms with Gasteiger partial charge in [0.2, 0.25) is 24.9 Å². The van der Waals surface area contributed by atoms with Crippen molar-refractivity contribution in [2.45, 2.75) is 16.7 Å². The quantitative estimate of drug-likeness (QED) is 0.240. The summed E-state index contributed by atoms with van der Waals surface area (Å²) in [5.41, 5.74) is 5.32. The lowest BCUT2D eigenvalue weighted by molar-refractivity contribution is 0.0955. The molecule has 182 valence electrons. The summed E-state index contributed by atoms with van der Waals surface area (Å²) in [6.45, 7) is 1.37. The molecular weight excluding hydrogens is 514 g/mol. The lowest BCUT2D eigenvalue weighted by Crippen LogP contribution is -2.28. The molecule has 0 spiro atoms. The summed E-state index contributed by atoms with van der Waals surface area (Å²) < 4.78 is 49.4. The van der Waals surface area contributed by atoms with Gasteiger partial charge in [-0.05, 0) is 67.6 Å². The number of carbonyl (C=O) groups is 1. The molecule has 3 rings (SSSR count). The van der Waals surface area contributed by atoms with Crippen molar-refractivity contribution in [1.82, 2.24) is 5.43 Å². The lowest BCUT2D eigenvalue weighted by atomic mass is 10.2. The Morgan fingerprint density at radius 3 is 2.00 bits per heavy atom. The van der Waals surface area contributed by atoms with Crippen LogP contribution in [0.3, 0.4) is 0 Å². The molecule has 3 aromatic carbocycles. The average Bonchev–Trinajstić information content (AvgIpc) is 2.83. The Morgan fingerprint density at radius 1 is 0.829 bits per heavy atom. The van der Waals surface area contributed by atoms with Crippen molar-refractivity contribution < 1.29 is 21.6 Å². The molecule has 4 N–H and O–H groups in total. The number of nitrogens with zero attached hydrogens (tertiary/aromatic N) is 2. The fourth-order valence-corrected chi connectivity index (χ4v) is 4.71. The summed E-state index contributed by atoms with van der Waals surface area (Å²) >= 11 is 5.83. The molecule has 0 aliphatic heterocycles. The Morgan fingerprint density at radius 2 is 1.43 bits per heavy atom. The van der Waals surface area contributed by atoms with E-state index in [2.05, 4.69) is 21.1 Å². The molecule has 1 amide bonds. The van der Waals surface area contributed by atoms with Crippen LogP contribution in [0.25, 0.3) is 0 Å². The smallest absolute Gasteiger partial charge is 0.271 e. The van der Waals surface area contributed by atoms with Crippen molar-refractivity contribution in [2.24, 2.45) is 15.3 Å². The number of anilines is 1. The molecule has 0 radical (unpaired) electrons. The van der Waals surface area contributed by atoms with Crippen LogP contribution in [0.4, 0.5) is 5.69 Å². The highest BCUT2D eigenvalue weighted by atomic mass is 35.5. The first-order valence-corrected chi connectivity index (χ1v) is 13.3. The number of carbonyl (C=O) groups excluding carboxylic acids is 1. The number of nitrogens with two attached hydrogens (primary N) is 1. The van der Waals surface area contributed by atoms with Crippen molar-refractivity contribution in [3.8, 4) is 0 Å². The molecule has 0 saturated heterocycles. The van der Waals surface area contributed by atoms with E-state index in [0.717, 1.165) is 0 Å². The van der Waals surface area contributed by atoms with Gasteiger partial charge < -0.3 is 0 Å². The molecule has 13 heteroatoms. The third kappa shape index (κ3) is 6.73. The zero-order valence-corrected chi connectivity index (χ0v) is 20.6. The summed E-state index contributed by atoms with van der Waals surface area (Å²) in [5.74, 6) is -0.580. The summed E-state index contributed by atoms with van der Waals surface area (Å²) in [5, 5.41) is 13.0. The van der Waals surface area contributed by atoms with Gasteiger partial charge in [-0.25, -0.2) is 27.4 Å². The van der Waals surface area contributed by atoms with Crippen LogP contribution in [0.2, 0.25) is 5.02 Å². The lowest BCUT2D eigenvalue weighted by Gasteiger charge is -2.10. The number of halogens is 1. The van der Waals surface area contributed by atoms with Gasteiger partial charge in [0.1, 0.15) is 0 Å². The van der Waals surface area contributed by atoms with Crippen LogP contribution in [0.1, 0.15) is 17.3 Å². The Labute approximate surface area is 207 Å². The van der Waals surface area contributed by atoms with Crippen molar-refractivity contribution in [1.29, 1.82) is 0 Å². The van der Waals surface area contributed by atoms with Gasteiger partial charge in [0.25, 0.3) is 5.91 Å². The van der Waals surface area contributed by atoms with Gasteiger partial charge in [-0.1, -0.05) is 29.8 Å². The van der Waals surface area contributed by atoms with E-state index < -0.39 is 30.8 Å². The van der Waals surface area contributed by atoms with E-state index in [4.69, 9.17) is 16.7 Å². The van der Waals surface area contributed by atoms with Crippen LogP contribution in [-0.2, 0) is 19.9 Å². The second-order valence-corrected chi connectivity index (χ2v) is 10.9. The number of amides is 1. The zero-order valence-electron chi connectivity index (χ0n) is 18.2.